The highest BCUT2D eigenvalue weighted by molar-refractivity contribution is 5.69. The highest BCUT2D eigenvalue weighted by atomic mass is 18.1. The fraction of sp³-hybridized carbons (Fsp3) is 0. The number of rotatable bonds is 0. The standard InChI is InChI=1S/CH4N2O/c2-1(3)4/h(H4,2,3,4)/i4+2. The van der Waals surface area contributed by atoms with E-state index >= 15 is 0 Å². The summed E-state index contributed by atoms with van der Waals surface area (Å²) in [4.78, 5) is 9.00. The van der Waals surface area contributed by atoms with Crippen molar-refractivity contribution in [3.63, 3.8) is 0 Å². The Kier molecular flexibility index (Phi) is 0.581. The number of carbonyl (C=O) groups excluding carboxylic acids is 1. The molecule has 2 amide bonds. The lowest BCUT2D eigenvalue weighted by molar-refractivity contribution is 0.256. The second-order valence-electron chi connectivity index (χ2n) is 0.402. The number of primary amides is 2. The largest absolute Gasteiger partial charge is 0.352 e. The molecule has 0 unspecified atom stereocenters. The third-order valence-corrected chi connectivity index (χ3v) is 0. The van der Waals surface area contributed by atoms with Crippen LogP contribution in [0.2, 0.25) is 0 Å². The van der Waals surface area contributed by atoms with Gasteiger partial charge in [0.15, 0.2) is 0 Å². The minimum Gasteiger partial charge on any atom is -0.352 e. The number of nitrogens with two attached hydrogens (primary N) is 2. The summed E-state index contributed by atoms with van der Waals surface area (Å²) in [5.74, 6) is 0. The van der Waals surface area contributed by atoms with Crippen molar-refractivity contribution in [1.29, 1.82) is 0 Å². The lowest BCUT2D eigenvalue weighted by Crippen LogP contribution is -2.18. The minimum atomic E-state index is -0.833. The van der Waals surface area contributed by atoms with Crippen LogP contribution in [0, 0.1) is 0 Å². The molecule has 0 aromatic rings. The van der Waals surface area contributed by atoms with Gasteiger partial charge in [-0.15, -0.1) is 0 Å². The monoisotopic (exact) mass is 62.0 g/mol. The molecule has 0 saturated heterocycles. The van der Waals surface area contributed by atoms with Gasteiger partial charge >= 0.3 is 6.03 Å². The zero-order valence-corrected chi connectivity index (χ0v) is 2.06. The summed E-state index contributed by atoms with van der Waals surface area (Å²) in [7, 11) is 0. The first-order valence-corrected chi connectivity index (χ1v) is 0.781. The molecule has 4 heavy (non-hydrogen) atoms. The molecule has 0 aromatic carbocycles. The Morgan fingerprint density at radius 2 is 1.50 bits per heavy atom. The van der Waals surface area contributed by atoms with E-state index in [0.717, 1.165) is 0 Å². The molecule has 0 fully saturated rings. The highest BCUT2D eigenvalue weighted by Gasteiger charge is 1.60. The topological polar surface area (TPSA) is 69.1 Å². The molecule has 3 heteroatoms. The van der Waals surface area contributed by atoms with Crippen LogP contribution in [0.5, 0.6) is 0 Å². The Bertz CT molecular complexity index is 29.0. The minimum absolute atomic E-state index is 0.833. The SMILES string of the molecule is NC(N)=[18O]. The van der Waals surface area contributed by atoms with Crippen LogP contribution in [0.15, 0.2) is 0 Å². The van der Waals surface area contributed by atoms with Gasteiger partial charge < -0.3 is 11.5 Å². The molecule has 0 rings (SSSR count). The van der Waals surface area contributed by atoms with Crippen LogP contribution in [0.1, 0.15) is 0 Å². The van der Waals surface area contributed by atoms with Crippen molar-refractivity contribution in [1.82, 2.24) is 0 Å². The molecule has 0 radical (unpaired) electrons. The van der Waals surface area contributed by atoms with E-state index in [4.69, 9.17) is 4.79 Å². The van der Waals surface area contributed by atoms with E-state index in [1.165, 1.54) is 0 Å². The zero-order valence-electron chi connectivity index (χ0n) is 2.06. The van der Waals surface area contributed by atoms with Crippen molar-refractivity contribution in [2.24, 2.45) is 11.5 Å². The third kappa shape index (κ3) is 0.174. The van der Waals surface area contributed by atoms with E-state index < -0.39 is 6.03 Å². The second-order valence-corrected chi connectivity index (χ2v) is 0.402. The summed E-state index contributed by atoms with van der Waals surface area (Å²) in [5.41, 5.74) is 8.50. The molecule has 0 aliphatic rings. The maximum Gasteiger partial charge on any atom is 0.309 e. The Hall–Kier alpha value is -0.730. The molecule has 0 aromatic heterocycles. The molecule has 3 nitrogen and oxygen atoms in total. The van der Waals surface area contributed by atoms with E-state index in [1.54, 1.807) is 0 Å². The number of urea groups is 1. The first kappa shape index (κ1) is 3.27. The average Bonchev–Trinajstić information content (AvgIpc) is 0.811. The number of hydrogen-bond donors (Lipinski definition) is 2. The van der Waals surface area contributed by atoms with Gasteiger partial charge in [-0.2, -0.15) is 0 Å². The van der Waals surface area contributed by atoms with Crippen LogP contribution >= 0.6 is 0 Å². The Balaban J connectivity index is 2.80. The quantitative estimate of drug-likeness (QED) is 0.348. The van der Waals surface area contributed by atoms with Gasteiger partial charge in [-0.05, 0) is 0 Å². The maximum absolute atomic E-state index is 9.00. The van der Waals surface area contributed by atoms with Crippen molar-refractivity contribution < 1.29 is 4.79 Å². The summed E-state index contributed by atoms with van der Waals surface area (Å²) < 4.78 is 0. The maximum atomic E-state index is 9.00. The second kappa shape index (κ2) is 0.711. The molecular formula is CH4N2O. The fourth-order valence-corrected chi connectivity index (χ4v) is 0. The van der Waals surface area contributed by atoms with Crippen LogP contribution in [0.3, 0.4) is 0 Å². The number of amides is 2. The smallest absolute Gasteiger partial charge is 0.309 e. The van der Waals surface area contributed by atoms with Crippen molar-refractivity contribution in [2.45, 2.75) is 0 Å². The van der Waals surface area contributed by atoms with Gasteiger partial charge in [0.1, 0.15) is 0 Å². The Labute approximate surface area is 23.6 Å². The van der Waals surface area contributed by atoms with Crippen LogP contribution in [-0.4, -0.2) is 6.03 Å². The van der Waals surface area contributed by atoms with E-state index in [9.17, 15) is 0 Å². The van der Waals surface area contributed by atoms with Gasteiger partial charge in [-0.1, -0.05) is 0 Å². The Morgan fingerprint density at radius 1 is 1.50 bits per heavy atom. The normalized spacial score (nSPS) is 6.00. The van der Waals surface area contributed by atoms with Gasteiger partial charge in [-0.25, -0.2) is 4.79 Å². The van der Waals surface area contributed by atoms with Crippen LogP contribution < -0.4 is 11.5 Å². The predicted molar refractivity (Wildman–Crippen MR) is 13.8 cm³/mol. The van der Waals surface area contributed by atoms with Gasteiger partial charge in [0.05, 0.1) is 0 Å². The molecule has 4 N–H and O–H groups in total. The summed E-state index contributed by atoms with van der Waals surface area (Å²) in [6.07, 6.45) is 0. The van der Waals surface area contributed by atoms with Crippen LogP contribution in [0.25, 0.3) is 0 Å². The van der Waals surface area contributed by atoms with Gasteiger partial charge in [0.2, 0.25) is 0 Å². The summed E-state index contributed by atoms with van der Waals surface area (Å²) in [5, 5.41) is 0. The predicted octanol–water partition coefficient (Wildman–Crippen LogP) is -0.976. The van der Waals surface area contributed by atoms with Crippen molar-refractivity contribution in [3.8, 4) is 0 Å². The molecule has 0 aliphatic carbocycles. The Morgan fingerprint density at radius 3 is 1.50 bits per heavy atom. The molecule has 0 aliphatic heterocycles. The van der Waals surface area contributed by atoms with Gasteiger partial charge in [0, 0.05) is 0 Å². The van der Waals surface area contributed by atoms with Crippen molar-refractivity contribution in [2.75, 3.05) is 0 Å². The third-order valence-electron chi connectivity index (χ3n) is 0. The van der Waals surface area contributed by atoms with Crippen molar-refractivity contribution in [3.05, 3.63) is 0 Å². The van der Waals surface area contributed by atoms with Crippen LogP contribution in [0.4, 0.5) is 4.79 Å². The molecule has 0 atom stereocenters. The molecule has 0 saturated carbocycles. The average molecular weight is 62.1 g/mol. The first-order valence-electron chi connectivity index (χ1n) is 0.781. The van der Waals surface area contributed by atoms with E-state index in [2.05, 4.69) is 11.5 Å². The molecule has 24 valence electrons. The molecule has 0 bridgehead atoms. The zero-order chi connectivity index (χ0) is 3.58. The van der Waals surface area contributed by atoms with E-state index in [-0.39, 0.29) is 0 Å². The lowest BCUT2D eigenvalue weighted by Gasteiger charge is -1.62. The summed E-state index contributed by atoms with van der Waals surface area (Å²) in [6.45, 7) is 0. The molecular weight excluding hydrogens is 58.0 g/mol. The van der Waals surface area contributed by atoms with E-state index in [1.807, 2.05) is 0 Å². The number of hydrogen-bond acceptors (Lipinski definition) is 1. The highest BCUT2D eigenvalue weighted by Crippen LogP contribution is 1.25. The van der Waals surface area contributed by atoms with Gasteiger partial charge in [-0.3, -0.25) is 0 Å². The van der Waals surface area contributed by atoms with Crippen LogP contribution in [-0.2, 0) is 0 Å². The number of carbonyl (C=O) groups is 1. The molecule has 0 spiro atoms. The molecule has 0 heterocycles. The summed E-state index contributed by atoms with van der Waals surface area (Å²) >= 11 is 0. The van der Waals surface area contributed by atoms with Gasteiger partial charge in [0.25, 0.3) is 0 Å². The van der Waals surface area contributed by atoms with E-state index in [0.29, 0.717) is 0 Å². The summed E-state index contributed by atoms with van der Waals surface area (Å²) in [6, 6.07) is -0.833. The van der Waals surface area contributed by atoms with Crippen molar-refractivity contribution >= 4 is 6.03 Å². The fourth-order valence-electron chi connectivity index (χ4n) is 0. The first-order chi connectivity index (χ1) is 1.73. The lowest BCUT2D eigenvalue weighted by atomic mass is 11.2.